The number of aliphatic hydroxyl groups excluding tert-OH is 2. The van der Waals surface area contributed by atoms with E-state index in [-0.39, 0.29) is 35.0 Å². The highest BCUT2D eigenvalue weighted by Gasteiger charge is 2.74. The molecule has 2 fully saturated rings. The summed E-state index contributed by atoms with van der Waals surface area (Å²) in [6.45, 7) is 2.38. The molecule has 2 aliphatic rings. The van der Waals surface area contributed by atoms with Gasteiger partial charge in [0.25, 0.3) is 0 Å². The molecule has 0 aromatic carbocycles. The number of aliphatic hydroxyl groups is 3. The Morgan fingerprint density at radius 3 is 2.58 bits per heavy atom. The number of halogens is 4. The van der Waals surface area contributed by atoms with E-state index >= 15 is 0 Å². The van der Waals surface area contributed by atoms with Gasteiger partial charge in [0.2, 0.25) is 11.8 Å². The molecule has 0 spiro atoms. The molecule has 2 aromatic rings. The van der Waals surface area contributed by atoms with Crippen molar-refractivity contribution in [3.8, 4) is 17.7 Å². The Labute approximate surface area is 210 Å². The predicted octanol–water partition coefficient (Wildman–Crippen LogP) is 2.12. The van der Waals surface area contributed by atoms with E-state index in [1.807, 2.05) is 6.92 Å². The number of hydrogen-bond donors (Lipinski definition) is 5. The molecule has 0 saturated heterocycles. The Morgan fingerprint density at radius 1 is 1.25 bits per heavy atom. The maximum Gasteiger partial charge on any atom is 0.405 e. The third-order valence-corrected chi connectivity index (χ3v) is 6.65. The number of nitrogens with zero attached hydrogens (tertiary/aromatic N) is 3. The molecule has 2 saturated carbocycles. The number of hydrogen-bond acceptors (Lipinski definition) is 9. The van der Waals surface area contributed by atoms with Gasteiger partial charge in [0.15, 0.2) is 5.15 Å². The van der Waals surface area contributed by atoms with Crippen LogP contribution in [0.25, 0.3) is 0 Å². The van der Waals surface area contributed by atoms with Crippen LogP contribution in [0.5, 0.6) is 5.88 Å². The third kappa shape index (κ3) is 5.15. The highest BCUT2D eigenvalue weighted by Crippen LogP contribution is 2.59. The minimum atomic E-state index is -4.51. The van der Waals surface area contributed by atoms with E-state index in [2.05, 4.69) is 37.4 Å². The Bertz CT molecular complexity index is 1200. The zero-order chi connectivity index (χ0) is 26.3. The Balaban J connectivity index is 1.65. The second kappa shape index (κ2) is 9.89. The second-order valence-corrected chi connectivity index (χ2v) is 9.09. The zero-order valence-electron chi connectivity index (χ0n) is 19.4. The quantitative estimate of drug-likeness (QED) is 0.271. The monoisotopic (exact) mass is 527 g/mol. The van der Waals surface area contributed by atoms with Gasteiger partial charge in [0.05, 0.1) is 24.4 Å². The molecule has 5 N–H and O–H groups in total. The highest BCUT2D eigenvalue weighted by atomic mass is 35.5. The Kier molecular flexibility index (Phi) is 7.21. The highest BCUT2D eigenvalue weighted by molar-refractivity contribution is 6.31. The lowest BCUT2D eigenvalue weighted by Crippen LogP contribution is -2.38. The van der Waals surface area contributed by atoms with Crippen molar-refractivity contribution >= 4 is 23.4 Å². The molecule has 2 aromatic heterocycles. The summed E-state index contributed by atoms with van der Waals surface area (Å²) in [7, 11) is 0. The lowest BCUT2D eigenvalue weighted by Gasteiger charge is -2.22. The number of aryl methyl sites for hydroxylation is 1. The molecule has 4 rings (SSSR count). The van der Waals surface area contributed by atoms with Crippen molar-refractivity contribution in [2.45, 2.75) is 44.2 Å². The van der Waals surface area contributed by atoms with Crippen molar-refractivity contribution in [3.63, 3.8) is 0 Å². The third-order valence-electron chi connectivity index (χ3n) is 6.38. The van der Waals surface area contributed by atoms with Crippen LogP contribution in [0.2, 0.25) is 5.15 Å². The number of anilines is 2. The van der Waals surface area contributed by atoms with Crippen molar-refractivity contribution in [2.75, 3.05) is 30.4 Å². The van der Waals surface area contributed by atoms with Gasteiger partial charge in [0, 0.05) is 30.1 Å². The molecule has 2 heterocycles. The molecule has 9 nitrogen and oxygen atoms in total. The largest absolute Gasteiger partial charge is 0.478 e. The summed E-state index contributed by atoms with van der Waals surface area (Å²) in [4.78, 5) is 12.3. The Morgan fingerprint density at radius 2 is 2.00 bits per heavy atom. The molecule has 0 radical (unpaired) electrons. The van der Waals surface area contributed by atoms with Gasteiger partial charge in [-0.15, -0.1) is 0 Å². The van der Waals surface area contributed by atoms with Gasteiger partial charge in [-0.05, 0) is 26.3 Å². The normalized spacial score (nSPS) is 26.6. The van der Waals surface area contributed by atoms with Crippen LogP contribution in [-0.4, -0.2) is 74.0 Å². The number of alkyl halides is 3. The van der Waals surface area contributed by atoms with E-state index in [9.17, 15) is 28.5 Å². The standard InChI is InChI=1S/C23H25ClF3N5O4/c1-3-36-16-7-5-12(11(2)29-16)4-6-14-19(24)31-21(28-10-22(25,26)27)32-20(14)30-17-15-8-13(9-33)18(34)23(15,17)35/h5,7,13,15,17-18,33-35H,3,8-10H2,1-2H3,(H2,28,30,31,32)/t13-,15+,17?,18-,23-/m1/s1. The van der Waals surface area contributed by atoms with Crippen LogP contribution in [0.1, 0.15) is 30.2 Å². The van der Waals surface area contributed by atoms with Gasteiger partial charge in [-0.2, -0.15) is 23.1 Å². The lowest BCUT2D eigenvalue weighted by molar-refractivity contribution is -0.115. The van der Waals surface area contributed by atoms with E-state index in [4.69, 9.17) is 16.3 Å². The number of pyridine rings is 1. The summed E-state index contributed by atoms with van der Waals surface area (Å²) in [5.41, 5.74) is -0.259. The number of fused-ring (bicyclic) bond motifs is 1. The van der Waals surface area contributed by atoms with Gasteiger partial charge in [0.1, 0.15) is 23.5 Å². The fourth-order valence-electron chi connectivity index (χ4n) is 4.50. The summed E-state index contributed by atoms with van der Waals surface area (Å²) in [5.74, 6) is 4.98. The summed E-state index contributed by atoms with van der Waals surface area (Å²) in [5, 5.41) is 35.6. The first kappa shape index (κ1) is 26.2. The van der Waals surface area contributed by atoms with Crippen molar-refractivity contribution in [1.82, 2.24) is 15.0 Å². The van der Waals surface area contributed by atoms with Gasteiger partial charge >= 0.3 is 6.18 Å². The average Bonchev–Trinajstić information content (AvgIpc) is 3.27. The van der Waals surface area contributed by atoms with E-state index in [0.29, 0.717) is 30.2 Å². The van der Waals surface area contributed by atoms with Crippen LogP contribution in [0.3, 0.4) is 0 Å². The topological polar surface area (TPSA) is 133 Å². The second-order valence-electron chi connectivity index (χ2n) is 8.73. The van der Waals surface area contributed by atoms with Crippen LogP contribution in [-0.2, 0) is 0 Å². The SMILES string of the molecule is CCOc1ccc(C#Cc2c(Cl)nc(NCC(F)(F)F)nc2NC2[C@@H]3C[C@H](CO)[C@@H](O)[C@]23O)c(C)n1. The minimum Gasteiger partial charge on any atom is -0.478 e. The Hall–Kier alpha value is -2.85. The summed E-state index contributed by atoms with van der Waals surface area (Å²) in [6.07, 6.45) is -5.31. The first-order chi connectivity index (χ1) is 17.0. The van der Waals surface area contributed by atoms with Gasteiger partial charge < -0.3 is 30.7 Å². The first-order valence-electron chi connectivity index (χ1n) is 11.3. The maximum atomic E-state index is 12.7. The van der Waals surface area contributed by atoms with Gasteiger partial charge in [-0.3, -0.25) is 0 Å². The molecular weight excluding hydrogens is 503 g/mol. The van der Waals surface area contributed by atoms with Crippen LogP contribution >= 0.6 is 11.6 Å². The van der Waals surface area contributed by atoms with Crippen molar-refractivity contribution < 1.29 is 33.2 Å². The fraction of sp³-hybridized carbons (Fsp3) is 0.522. The number of nitrogens with one attached hydrogen (secondary N) is 2. The van der Waals surface area contributed by atoms with Gasteiger partial charge in [-0.1, -0.05) is 23.4 Å². The van der Waals surface area contributed by atoms with Crippen LogP contribution in [0.15, 0.2) is 12.1 Å². The molecule has 1 unspecified atom stereocenters. The van der Waals surface area contributed by atoms with E-state index in [1.54, 1.807) is 19.1 Å². The molecule has 0 bridgehead atoms. The minimum absolute atomic E-state index is 0.00398. The van der Waals surface area contributed by atoms with E-state index in [1.165, 1.54) is 0 Å². The first-order valence-corrected chi connectivity index (χ1v) is 11.6. The van der Waals surface area contributed by atoms with E-state index in [0.717, 1.165) is 0 Å². The summed E-state index contributed by atoms with van der Waals surface area (Å²) >= 11 is 6.30. The lowest BCUT2D eigenvalue weighted by atomic mass is 9.99. The van der Waals surface area contributed by atoms with Crippen LogP contribution in [0, 0.1) is 30.6 Å². The van der Waals surface area contributed by atoms with Crippen LogP contribution in [0.4, 0.5) is 24.9 Å². The summed E-state index contributed by atoms with van der Waals surface area (Å²) < 4.78 is 43.5. The summed E-state index contributed by atoms with van der Waals surface area (Å²) in [6, 6.07) is 2.70. The molecule has 13 heteroatoms. The van der Waals surface area contributed by atoms with Crippen molar-refractivity contribution in [3.05, 3.63) is 34.1 Å². The molecule has 0 amide bonds. The smallest absolute Gasteiger partial charge is 0.405 e. The number of aromatic nitrogens is 3. The molecule has 194 valence electrons. The fourth-order valence-corrected chi connectivity index (χ4v) is 4.72. The zero-order valence-corrected chi connectivity index (χ0v) is 20.2. The predicted molar refractivity (Wildman–Crippen MR) is 125 cm³/mol. The van der Waals surface area contributed by atoms with Crippen molar-refractivity contribution in [2.24, 2.45) is 11.8 Å². The van der Waals surface area contributed by atoms with Crippen molar-refractivity contribution in [1.29, 1.82) is 0 Å². The molecule has 0 aliphatic heterocycles. The van der Waals surface area contributed by atoms with Gasteiger partial charge in [-0.25, -0.2) is 4.98 Å². The molecule has 5 atom stereocenters. The number of rotatable bonds is 7. The molecule has 2 aliphatic carbocycles. The molecule has 36 heavy (non-hydrogen) atoms. The van der Waals surface area contributed by atoms with Crippen LogP contribution < -0.4 is 15.4 Å². The molecular formula is C23H25ClF3N5O4. The number of ether oxygens (including phenoxy) is 1. The average molecular weight is 528 g/mol. The van der Waals surface area contributed by atoms with E-state index < -0.39 is 36.4 Å². The maximum absolute atomic E-state index is 12.7.